The Labute approximate surface area is 139 Å². The number of rotatable bonds is 4. The van der Waals surface area contributed by atoms with Gasteiger partial charge >= 0.3 is 11.9 Å². The van der Waals surface area contributed by atoms with Gasteiger partial charge in [-0.3, -0.25) is 4.79 Å². The number of aromatic carboxylic acids is 2. The normalized spacial score (nSPS) is 13.9. The van der Waals surface area contributed by atoms with E-state index in [4.69, 9.17) is 9.84 Å². The smallest absolute Gasteiger partial charge is 0.340 e. The first-order chi connectivity index (χ1) is 11.0. The highest BCUT2D eigenvalue weighted by molar-refractivity contribution is 7.79. The van der Waals surface area contributed by atoms with Gasteiger partial charge in [0, 0.05) is 25.9 Å². The van der Waals surface area contributed by atoms with Crippen molar-refractivity contribution in [2.24, 2.45) is 0 Å². The van der Waals surface area contributed by atoms with Crippen LogP contribution in [0.15, 0.2) is 12.1 Å². The molecule has 0 radical (unpaired) electrons. The lowest BCUT2D eigenvalue weighted by atomic mass is 10.0. The summed E-state index contributed by atoms with van der Waals surface area (Å²) >= 11 is 3.53. The Morgan fingerprint density at radius 2 is 1.70 bits per heavy atom. The summed E-state index contributed by atoms with van der Waals surface area (Å²) in [6.45, 7) is 0.918. The van der Waals surface area contributed by atoms with Crippen molar-refractivity contribution in [1.29, 1.82) is 0 Å². The van der Waals surface area contributed by atoms with Crippen LogP contribution in [0.3, 0.4) is 0 Å². The SMILES string of the molecule is COc1c(N2CCC(=O)CC2)ccc(C(=O)O)c1C(=O)O.CS. The van der Waals surface area contributed by atoms with Gasteiger partial charge < -0.3 is 19.8 Å². The van der Waals surface area contributed by atoms with Gasteiger partial charge in [0.1, 0.15) is 11.3 Å². The van der Waals surface area contributed by atoms with E-state index in [9.17, 15) is 19.5 Å². The van der Waals surface area contributed by atoms with Crippen molar-refractivity contribution >= 4 is 36.0 Å². The minimum Gasteiger partial charge on any atom is -0.494 e. The number of carbonyl (C=O) groups is 3. The van der Waals surface area contributed by atoms with Gasteiger partial charge in [-0.15, -0.1) is 0 Å². The molecule has 1 aromatic rings. The number of anilines is 1. The van der Waals surface area contributed by atoms with Gasteiger partial charge in [0.25, 0.3) is 0 Å². The summed E-state index contributed by atoms with van der Waals surface area (Å²) < 4.78 is 5.14. The molecule has 7 nitrogen and oxygen atoms in total. The number of ether oxygens (including phenoxy) is 1. The molecule has 2 N–H and O–H groups in total. The highest BCUT2D eigenvalue weighted by Gasteiger charge is 2.27. The summed E-state index contributed by atoms with van der Waals surface area (Å²) in [5.74, 6) is -2.52. The highest BCUT2D eigenvalue weighted by Crippen LogP contribution is 2.35. The molecule has 0 unspecified atom stereocenters. The van der Waals surface area contributed by atoms with Crippen molar-refractivity contribution in [3.8, 4) is 5.75 Å². The molecule has 0 aromatic heterocycles. The number of piperidine rings is 1. The average molecular weight is 341 g/mol. The summed E-state index contributed by atoms with van der Waals surface area (Å²) in [6.07, 6.45) is 2.46. The Hall–Kier alpha value is -2.22. The van der Waals surface area contributed by atoms with Gasteiger partial charge in [-0.25, -0.2) is 9.59 Å². The number of carboxylic acids is 2. The summed E-state index contributed by atoms with van der Waals surface area (Å²) in [6, 6.07) is 2.77. The van der Waals surface area contributed by atoms with Crippen molar-refractivity contribution in [2.45, 2.75) is 12.8 Å². The molecular weight excluding hydrogens is 322 g/mol. The molecule has 0 spiro atoms. The lowest BCUT2D eigenvalue weighted by molar-refractivity contribution is -0.119. The number of Topliss-reactive ketones (excluding diaryl/α,β-unsaturated/α-hetero) is 1. The maximum absolute atomic E-state index is 11.4. The van der Waals surface area contributed by atoms with Crippen molar-refractivity contribution in [2.75, 3.05) is 31.4 Å². The van der Waals surface area contributed by atoms with Crippen LogP contribution in [-0.2, 0) is 4.79 Å². The fourth-order valence-corrected chi connectivity index (χ4v) is 2.41. The van der Waals surface area contributed by atoms with Gasteiger partial charge in [-0.1, -0.05) is 0 Å². The van der Waals surface area contributed by atoms with Gasteiger partial charge in [-0.05, 0) is 18.4 Å². The zero-order valence-corrected chi connectivity index (χ0v) is 13.8. The number of nitrogens with zero attached hydrogens (tertiary/aromatic N) is 1. The van der Waals surface area contributed by atoms with Gasteiger partial charge in [-0.2, -0.15) is 12.6 Å². The zero-order valence-electron chi connectivity index (χ0n) is 12.9. The summed E-state index contributed by atoms with van der Waals surface area (Å²) in [5.41, 5.74) is -0.206. The minimum atomic E-state index is -1.36. The molecule has 2 rings (SSSR count). The van der Waals surface area contributed by atoms with E-state index < -0.39 is 11.9 Å². The van der Waals surface area contributed by atoms with Crippen LogP contribution in [0.4, 0.5) is 5.69 Å². The first-order valence-electron chi connectivity index (χ1n) is 6.84. The van der Waals surface area contributed by atoms with E-state index in [0.29, 0.717) is 31.6 Å². The Kier molecular flexibility index (Phi) is 6.89. The molecule has 1 aliphatic rings. The van der Waals surface area contributed by atoms with Crippen molar-refractivity contribution in [3.63, 3.8) is 0 Å². The predicted octanol–water partition coefficient (Wildman–Crippen LogP) is 1.81. The third kappa shape index (κ3) is 4.16. The van der Waals surface area contributed by atoms with Crippen LogP contribution in [0.25, 0.3) is 0 Å². The van der Waals surface area contributed by atoms with Crippen LogP contribution >= 0.6 is 12.6 Å². The Balaban J connectivity index is 0.00000127. The maximum Gasteiger partial charge on any atom is 0.340 e. The highest BCUT2D eigenvalue weighted by atomic mass is 32.1. The first-order valence-corrected chi connectivity index (χ1v) is 7.74. The summed E-state index contributed by atoms with van der Waals surface area (Å²) in [4.78, 5) is 35.6. The molecule has 1 fully saturated rings. The number of carbonyl (C=O) groups excluding carboxylic acids is 1. The quantitative estimate of drug-likeness (QED) is 0.717. The lowest BCUT2D eigenvalue weighted by Gasteiger charge is -2.30. The molecule has 0 bridgehead atoms. The lowest BCUT2D eigenvalue weighted by Crippen LogP contribution is -2.34. The molecule has 0 saturated carbocycles. The third-order valence-corrected chi connectivity index (χ3v) is 3.45. The molecule has 0 atom stereocenters. The molecular formula is C15H19NO6S. The Bertz CT molecular complexity index is 606. The second-order valence-electron chi connectivity index (χ2n) is 4.68. The third-order valence-electron chi connectivity index (χ3n) is 3.45. The zero-order chi connectivity index (χ0) is 17.6. The number of hydrogen-bond acceptors (Lipinski definition) is 6. The van der Waals surface area contributed by atoms with Crippen LogP contribution in [0.5, 0.6) is 5.75 Å². The van der Waals surface area contributed by atoms with Crippen LogP contribution < -0.4 is 9.64 Å². The van der Waals surface area contributed by atoms with E-state index in [0.717, 1.165) is 0 Å². The number of carboxylic acid groups (broad SMARTS) is 2. The molecule has 23 heavy (non-hydrogen) atoms. The number of ketones is 1. The largest absolute Gasteiger partial charge is 0.494 e. The monoisotopic (exact) mass is 341 g/mol. The molecule has 1 saturated heterocycles. The molecule has 1 aromatic carbocycles. The Morgan fingerprint density at radius 3 is 2.13 bits per heavy atom. The van der Waals surface area contributed by atoms with Crippen molar-refractivity contribution < 1.29 is 29.3 Å². The molecule has 0 aliphatic carbocycles. The van der Waals surface area contributed by atoms with Gasteiger partial charge in [0.2, 0.25) is 0 Å². The van der Waals surface area contributed by atoms with E-state index in [2.05, 4.69) is 12.6 Å². The van der Waals surface area contributed by atoms with Crippen molar-refractivity contribution in [1.82, 2.24) is 0 Å². The van der Waals surface area contributed by atoms with E-state index >= 15 is 0 Å². The summed E-state index contributed by atoms with van der Waals surface area (Å²) in [5, 5.41) is 18.4. The molecule has 1 aliphatic heterocycles. The summed E-state index contributed by atoms with van der Waals surface area (Å²) in [7, 11) is 1.30. The molecule has 0 amide bonds. The second kappa shape index (κ2) is 8.42. The molecule has 1 heterocycles. The van der Waals surface area contributed by atoms with Crippen LogP contribution in [0, 0.1) is 0 Å². The maximum atomic E-state index is 11.4. The van der Waals surface area contributed by atoms with E-state index in [1.807, 2.05) is 4.90 Å². The van der Waals surface area contributed by atoms with Crippen LogP contribution in [0.1, 0.15) is 33.6 Å². The number of thiol groups is 1. The molecule has 126 valence electrons. The fourth-order valence-electron chi connectivity index (χ4n) is 2.41. The number of methoxy groups -OCH3 is 1. The minimum absolute atomic E-state index is 0.0109. The van der Waals surface area contributed by atoms with E-state index in [1.54, 1.807) is 6.26 Å². The predicted molar refractivity (Wildman–Crippen MR) is 88.3 cm³/mol. The van der Waals surface area contributed by atoms with Crippen LogP contribution in [-0.4, -0.2) is 54.4 Å². The van der Waals surface area contributed by atoms with Crippen molar-refractivity contribution in [3.05, 3.63) is 23.3 Å². The van der Waals surface area contributed by atoms with Crippen LogP contribution in [0.2, 0.25) is 0 Å². The van der Waals surface area contributed by atoms with Gasteiger partial charge in [0.05, 0.1) is 18.4 Å². The standard InChI is InChI=1S/C14H15NO6.CH4S/c1-21-12-10(15-6-4-8(16)5-7-15)3-2-9(13(17)18)11(12)14(19)20;1-2/h2-3H,4-7H2,1H3,(H,17,18)(H,19,20);2H,1H3. The number of benzene rings is 1. The first kappa shape index (κ1) is 18.8. The molecule has 8 heteroatoms. The fraction of sp³-hybridized carbons (Fsp3) is 0.400. The van der Waals surface area contributed by atoms with E-state index in [1.165, 1.54) is 19.2 Å². The topological polar surface area (TPSA) is 104 Å². The average Bonchev–Trinajstić information content (AvgIpc) is 2.55. The Morgan fingerprint density at radius 1 is 1.13 bits per heavy atom. The second-order valence-corrected chi connectivity index (χ2v) is 4.68. The van der Waals surface area contributed by atoms with Gasteiger partial charge in [0.15, 0.2) is 5.75 Å². The van der Waals surface area contributed by atoms with E-state index in [-0.39, 0.29) is 22.7 Å². The number of hydrogen-bond donors (Lipinski definition) is 3.